The number of amides is 1. The fourth-order valence-corrected chi connectivity index (χ4v) is 7.91. The molecule has 0 spiro atoms. The molecular formula is C46H92N2O9. The molecule has 0 saturated carbocycles. The summed E-state index contributed by atoms with van der Waals surface area (Å²) in [6, 6.07) is -0.993. The van der Waals surface area contributed by atoms with Gasteiger partial charge in [0.15, 0.2) is 6.29 Å². The van der Waals surface area contributed by atoms with Gasteiger partial charge in [0.25, 0.3) is 0 Å². The quantitative estimate of drug-likeness (QED) is 0.0304. The number of carbonyl (C=O) groups excluding carboxylic acids is 1. The first-order valence-corrected chi connectivity index (χ1v) is 24.0. The second kappa shape index (κ2) is 36.9. The molecule has 0 radical (unpaired) electrons. The molecule has 0 aromatic heterocycles. The first-order chi connectivity index (χ1) is 27.7. The standard InChI is InChI=1S/C46H92N2O9/c1-4-7-10-13-14-15-16-17-18-19-21-26-31-39(50)42(52)38(37-56-46-45(55)44(54)43(53)40(36-49)57-46)47-41(51)32-27-22-20-25-30-35-48(33-28-23-11-8-5-2)34-29-24-12-9-6-3/h38-40,42-46,49-50,52-55H,4-37H2,1-3H3,(H,47,51)/t38-,39+,40?,42-,43-,44+,45-,46-/m0/s1. The Balaban J connectivity index is 2.55. The molecule has 1 aliphatic heterocycles. The minimum atomic E-state index is -1.61. The molecule has 1 aliphatic rings. The number of unbranched alkanes of at least 4 members (excludes halogenated alkanes) is 23. The van der Waals surface area contributed by atoms with Gasteiger partial charge in [0, 0.05) is 6.42 Å². The summed E-state index contributed by atoms with van der Waals surface area (Å²) in [5.74, 6) is -0.258. The van der Waals surface area contributed by atoms with Gasteiger partial charge in [-0.05, 0) is 51.7 Å². The van der Waals surface area contributed by atoms with Crippen molar-refractivity contribution in [3.8, 4) is 0 Å². The lowest BCUT2D eigenvalue weighted by Gasteiger charge is -2.40. The van der Waals surface area contributed by atoms with Crippen molar-refractivity contribution in [1.82, 2.24) is 10.2 Å². The fourth-order valence-electron chi connectivity index (χ4n) is 7.91. The van der Waals surface area contributed by atoms with Gasteiger partial charge >= 0.3 is 0 Å². The molecule has 8 atom stereocenters. The van der Waals surface area contributed by atoms with E-state index >= 15 is 0 Å². The predicted octanol–water partition coefficient (Wildman–Crippen LogP) is 7.68. The van der Waals surface area contributed by atoms with Crippen LogP contribution in [0, 0.1) is 0 Å². The SMILES string of the molecule is CCCCCCCCCCCCCC[C@@H](O)[C@@H](O)[C@H](CO[C@H]1OC(CO)[C@H](O)[C@@H](O)[C@@H]1O)NC(=O)CCCCCCCN(CCCCCCC)CCCCCCC. The first kappa shape index (κ1) is 54.1. The predicted molar refractivity (Wildman–Crippen MR) is 231 cm³/mol. The number of ether oxygens (including phenoxy) is 2. The Kier molecular flexibility index (Phi) is 35.1. The summed E-state index contributed by atoms with van der Waals surface area (Å²) in [6.07, 6.45) is 23.3. The number of hydrogen-bond acceptors (Lipinski definition) is 10. The average molecular weight is 817 g/mol. The van der Waals surface area contributed by atoms with Crippen LogP contribution >= 0.6 is 0 Å². The molecule has 1 fully saturated rings. The maximum Gasteiger partial charge on any atom is 0.220 e. The van der Waals surface area contributed by atoms with Gasteiger partial charge in [-0.2, -0.15) is 0 Å². The minimum Gasteiger partial charge on any atom is -0.394 e. The van der Waals surface area contributed by atoms with Gasteiger partial charge in [0.1, 0.15) is 30.5 Å². The first-order valence-electron chi connectivity index (χ1n) is 24.0. The largest absolute Gasteiger partial charge is 0.394 e. The highest BCUT2D eigenvalue weighted by Crippen LogP contribution is 2.23. The number of carbonyl (C=O) groups is 1. The highest BCUT2D eigenvalue weighted by Gasteiger charge is 2.44. The van der Waals surface area contributed by atoms with Crippen LogP contribution in [0.2, 0.25) is 0 Å². The normalized spacial score (nSPS) is 21.5. The summed E-state index contributed by atoms with van der Waals surface area (Å²) in [5, 5.41) is 65.4. The second-order valence-electron chi connectivity index (χ2n) is 17.1. The van der Waals surface area contributed by atoms with Crippen LogP contribution < -0.4 is 5.32 Å². The fraction of sp³-hybridized carbons (Fsp3) is 0.978. The molecule has 1 unspecified atom stereocenters. The van der Waals surface area contributed by atoms with E-state index in [0.29, 0.717) is 12.8 Å². The molecule has 1 rings (SSSR count). The average Bonchev–Trinajstić information content (AvgIpc) is 3.21. The van der Waals surface area contributed by atoms with Gasteiger partial charge in [-0.25, -0.2) is 0 Å². The highest BCUT2D eigenvalue weighted by atomic mass is 16.7. The van der Waals surface area contributed by atoms with E-state index in [4.69, 9.17) is 9.47 Å². The van der Waals surface area contributed by atoms with E-state index in [1.54, 1.807) is 0 Å². The molecule has 11 nitrogen and oxygen atoms in total. The summed E-state index contributed by atoms with van der Waals surface area (Å²) in [5.41, 5.74) is 0. The van der Waals surface area contributed by atoms with Crippen LogP contribution in [0.1, 0.15) is 207 Å². The topological polar surface area (TPSA) is 172 Å². The van der Waals surface area contributed by atoms with E-state index < -0.39 is 55.6 Å². The number of nitrogens with zero attached hydrogens (tertiary/aromatic N) is 1. The molecule has 7 N–H and O–H groups in total. The van der Waals surface area contributed by atoms with Crippen molar-refractivity contribution >= 4 is 5.91 Å². The Morgan fingerprint density at radius 3 is 1.47 bits per heavy atom. The van der Waals surface area contributed by atoms with E-state index in [-0.39, 0.29) is 18.9 Å². The summed E-state index contributed by atoms with van der Waals surface area (Å²) < 4.78 is 11.2. The zero-order valence-electron chi connectivity index (χ0n) is 37.0. The Morgan fingerprint density at radius 2 is 1.02 bits per heavy atom. The van der Waals surface area contributed by atoms with Crippen LogP contribution in [0.5, 0.6) is 0 Å². The van der Waals surface area contributed by atoms with Crippen LogP contribution in [0.4, 0.5) is 0 Å². The van der Waals surface area contributed by atoms with E-state index in [9.17, 15) is 35.4 Å². The Labute approximate surface area is 349 Å². The molecule has 1 heterocycles. The molecule has 340 valence electrons. The summed E-state index contributed by atoms with van der Waals surface area (Å²) in [7, 11) is 0. The van der Waals surface area contributed by atoms with Crippen LogP contribution in [0.15, 0.2) is 0 Å². The van der Waals surface area contributed by atoms with E-state index in [1.807, 2.05) is 0 Å². The van der Waals surface area contributed by atoms with Crippen molar-refractivity contribution in [2.45, 2.75) is 256 Å². The molecule has 57 heavy (non-hydrogen) atoms. The van der Waals surface area contributed by atoms with Crippen molar-refractivity contribution in [3.05, 3.63) is 0 Å². The molecule has 0 aromatic carbocycles. The van der Waals surface area contributed by atoms with Crippen molar-refractivity contribution in [2.75, 3.05) is 32.8 Å². The van der Waals surface area contributed by atoms with E-state index in [2.05, 4.69) is 31.0 Å². The second-order valence-corrected chi connectivity index (χ2v) is 17.1. The zero-order valence-corrected chi connectivity index (χ0v) is 37.0. The van der Waals surface area contributed by atoms with Gasteiger partial charge in [-0.3, -0.25) is 4.79 Å². The van der Waals surface area contributed by atoms with Crippen LogP contribution in [0.3, 0.4) is 0 Å². The zero-order chi connectivity index (χ0) is 41.9. The lowest BCUT2D eigenvalue weighted by molar-refractivity contribution is -0.303. The number of aliphatic hydroxyl groups is 6. The maximum atomic E-state index is 13.1. The molecule has 0 aromatic rings. The third-order valence-corrected chi connectivity index (χ3v) is 11.8. The lowest BCUT2D eigenvalue weighted by atomic mass is 9.98. The van der Waals surface area contributed by atoms with Crippen molar-refractivity contribution in [3.63, 3.8) is 0 Å². The molecule has 0 bridgehead atoms. The Hall–Kier alpha value is -0.890. The third kappa shape index (κ3) is 26.8. The van der Waals surface area contributed by atoms with Crippen molar-refractivity contribution in [2.24, 2.45) is 0 Å². The minimum absolute atomic E-state index is 0.258. The van der Waals surface area contributed by atoms with Crippen LogP contribution in [-0.4, -0.2) is 123 Å². The summed E-state index contributed by atoms with van der Waals surface area (Å²) in [4.78, 5) is 15.8. The highest BCUT2D eigenvalue weighted by molar-refractivity contribution is 5.76. The van der Waals surface area contributed by atoms with Gasteiger partial charge in [0.2, 0.25) is 5.91 Å². The monoisotopic (exact) mass is 817 g/mol. The number of nitrogens with one attached hydrogen (secondary N) is 1. The number of rotatable bonds is 40. The van der Waals surface area contributed by atoms with Gasteiger partial charge in [0.05, 0.1) is 25.4 Å². The van der Waals surface area contributed by atoms with Crippen molar-refractivity contribution < 1.29 is 44.9 Å². The van der Waals surface area contributed by atoms with E-state index in [1.165, 1.54) is 129 Å². The van der Waals surface area contributed by atoms with Crippen LogP contribution in [-0.2, 0) is 14.3 Å². The molecule has 1 saturated heterocycles. The number of hydrogen-bond donors (Lipinski definition) is 7. The molecule has 1 amide bonds. The third-order valence-electron chi connectivity index (χ3n) is 11.8. The molecule has 0 aliphatic carbocycles. The van der Waals surface area contributed by atoms with Crippen LogP contribution in [0.25, 0.3) is 0 Å². The van der Waals surface area contributed by atoms with E-state index in [0.717, 1.165) is 57.9 Å². The molecule has 11 heteroatoms. The summed E-state index contributed by atoms with van der Waals surface area (Å²) >= 11 is 0. The van der Waals surface area contributed by atoms with Gasteiger partial charge in [-0.15, -0.1) is 0 Å². The number of aliphatic hydroxyl groups excluding tert-OH is 6. The summed E-state index contributed by atoms with van der Waals surface area (Å²) in [6.45, 7) is 9.38. The Bertz CT molecular complexity index is 886. The molecular weight excluding hydrogens is 725 g/mol. The smallest absolute Gasteiger partial charge is 0.220 e. The Morgan fingerprint density at radius 1 is 0.596 bits per heavy atom. The van der Waals surface area contributed by atoms with Crippen molar-refractivity contribution in [1.29, 1.82) is 0 Å². The van der Waals surface area contributed by atoms with Gasteiger partial charge < -0.3 is 50.3 Å². The lowest BCUT2D eigenvalue weighted by Crippen LogP contribution is -2.60. The van der Waals surface area contributed by atoms with Gasteiger partial charge in [-0.1, -0.05) is 168 Å². The maximum absolute atomic E-state index is 13.1.